The molecule has 0 aliphatic carbocycles. The number of hydrogen-bond donors (Lipinski definition) is 1. The van der Waals surface area contributed by atoms with E-state index in [4.69, 9.17) is 9.47 Å². The molecule has 0 bridgehead atoms. The van der Waals surface area contributed by atoms with E-state index in [1.165, 1.54) is 7.11 Å². The normalized spacial score (nSPS) is 14.9. The molecule has 0 spiro atoms. The number of rotatable bonds is 6. The molecule has 7 nitrogen and oxygen atoms in total. The number of benzene rings is 2. The molecule has 1 aliphatic rings. The number of anilines is 1. The summed E-state index contributed by atoms with van der Waals surface area (Å²) < 4.78 is 11.5. The third kappa shape index (κ3) is 5.21. The molecular weight excluding hydrogens is 531 g/mol. The minimum Gasteiger partial charge on any atom is -0.493 e. The van der Waals surface area contributed by atoms with Gasteiger partial charge in [0.05, 0.1) is 22.7 Å². The Morgan fingerprint density at radius 1 is 1.16 bits per heavy atom. The molecular formula is C22H21IN2O5S. The van der Waals surface area contributed by atoms with E-state index in [0.717, 1.165) is 31.4 Å². The van der Waals surface area contributed by atoms with Crippen LogP contribution in [-0.2, 0) is 9.59 Å². The van der Waals surface area contributed by atoms with Crippen LogP contribution in [0.3, 0.4) is 0 Å². The van der Waals surface area contributed by atoms with E-state index >= 15 is 0 Å². The highest BCUT2D eigenvalue weighted by molar-refractivity contribution is 14.1. The van der Waals surface area contributed by atoms with E-state index < -0.39 is 17.1 Å². The highest BCUT2D eigenvalue weighted by Gasteiger charge is 2.36. The van der Waals surface area contributed by atoms with Crippen molar-refractivity contribution in [3.05, 3.63) is 55.5 Å². The van der Waals surface area contributed by atoms with E-state index in [1.54, 1.807) is 19.3 Å². The van der Waals surface area contributed by atoms with Crippen molar-refractivity contribution in [1.82, 2.24) is 4.90 Å². The fourth-order valence-electron chi connectivity index (χ4n) is 3.01. The SMILES string of the molecule is COc1cc(/C=C2/SC(=O)N(CC(=O)Nc3cc(C)ccc3C)C2=O)cc(I)c1OC. The summed E-state index contributed by atoms with van der Waals surface area (Å²) in [4.78, 5) is 38.8. The minimum absolute atomic E-state index is 0.243. The van der Waals surface area contributed by atoms with E-state index in [-0.39, 0.29) is 11.4 Å². The number of carbonyl (C=O) groups is 3. The first-order valence-electron chi connectivity index (χ1n) is 9.27. The number of methoxy groups -OCH3 is 2. The maximum Gasteiger partial charge on any atom is 0.294 e. The number of nitrogens with zero attached hydrogens (tertiary/aromatic N) is 1. The molecule has 0 saturated carbocycles. The highest BCUT2D eigenvalue weighted by Crippen LogP contribution is 2.37. The highest BCUT2D eigenvalue weighted by atomic mass is 127. The predicted molar refractivity (Wildman–Crippen MR) is 129 cm³/mol. The Balaban J connectivity index is 1.77. The van der Waals surface area contributed by atoms with Gasteiger partial charge in [0.25, 0.3) is 11.1 Å². The third-order valence-corrected chi connectivity index (χ3v) is 6.30. The van der Waals surface area contributed by atoms with Gasteiger partial charge in [0, 0.05) is 5.69 Å². The number of imide groups is 1. The predicted octanol–water partition coefficient (Wildman–Crippen LogP) is 4.60. The van der Waals surface area contributed by atoms with Crippen LogP contribution in [0.25, 0.3) is 6.08 Å². The maximum absolute atomic E-state index is 12.8. The van der Waals surface area contributed by atoms with Gasteiger partial charge in [0.1, 0.15) is 6.54 Å². The zero-order valence-corrected chi connectivity index (χ0v) is 20.4. The lowest BCUT2D eigenvalue weighted by Crippen LogP contribution is -2.36. The van der Waals surface area contributed by atoms with Crippen LogP contribution in [0, 0.1) is 17.4 Å². The Hall–Kier alpha value is -2.53. The van der Waals surface area contributed by atoms with Gasteiger partial charge in [0.15, 0.2) is 11.5 Å². The van der Waals surface area contributed by atoms with Crippen molar-refractivity contribution in [2.24, 2.45) is 0 Å². The molecule has 162 valence electrons. The molecule has 1 saturated heterocycles. The molecule has 3 rings (SSSR count). The van der Waals surface area contributed by atoms with Crippen molar-refractivity contribution in [3.63, 3.8) is 0 Å². The Kier molecular flexibility index (Phi) is 7.26. The Morgan fingerprint density at radius 2 is 1.90 bits per heavy atom. The number of amides is 3. The van der Waals surface area contributed by atoms with Crippen LogP contribution in [0.2, 0.25) is 0 Å². The van der Waals surface area contributed by atoms with E-state index in [2.05, 4.69) is 27.9 Å². The zero-order valence-electron chi connectivity index (χ0n) is 17.4. The van der Waals surface area contributed by atoms with Gasteiger partial charge in [-0.3, -0.25) is 19.3 Å². The lowest BCUT2D eigenvalue weighted by Gasteiger charge is -2.14. The first-order chi connectivity index (χ1) is 14.7. The van der Waals surface area contributed by atoms with Crippen molar-refractivity contribution < 1.29 is 23.9 Å². The first-order valence-corrected chi connectivity index (χ1v) is 11.2. The van der Waals surface area contributed by atoms with E-state index in [1.807, 2.05) is 38.1 Å². The molecule has 1 aliphatic heterocycles. The molecule has 0 aromatic heterocycles. The smallest absolute Gasteiger partial charge is 0.294 e. The fourth-order valence-corrected chi connectivity index (χ4v) is 4.70. The van der Waals surface area contributed by atoms with Gasteiger partial charge < -0.3 is 14.8 Å². The van der Waals surface area contributed by atoms with Crippen molar-refractivity contribution >= 4 is 63.2 Å². The van der Waals surface area contributed by atoms with E-state index in [0.29, 0.717) is 22.7 Å². The zero-order chi connectivity index (χ0) is 22.7. The molecule has 1 fully saturated rings. The topological polar surface area (TPSA) is 84.9 Å². The van der Waals surface area contributed by atoms with Crippen molar-refractivity contribution in [2.45, 2.75) is 13.8 Å². The van der Waals surface area contributed by atoms with Crippen molar-refractivity contribution in [2.75, 3.05) is 26.1 Å². The van der Waals surface area contributed by atoms with Crippen molar-refractivity contribution in [1.29, 1.82) is 0 Å². The van der Waals surface area contributed by atoms with Crippen LogP contribution in [0.1, 0.15) is 16.7 Å². The summed E-state index contributed by atoms with van der Waals surface area (Å²) in [5.41, 5.74) is 3.25. The lowest BCUT2D eigenvalue weighted by molar-refractivity contribution is -0.127. The molecule has 2 aromatic carbocycles. The van der Waals surface area contributed by atoms with Crippen molar-refractivity contribution in [3.8, 4) is 11.5 Å². The molecule has 1 N–H and O–H groups in total. The van der Waals surface area contributed by atoms with Gasteiger partial charge in [0.2, 0.25) is 5.91 Å². The number of thioether (sulfide) groups is 1. The number of hydrogen-bond acceptors (Lipinski definition) is 6. The summed E-state index contributed by atoms with van der Waals surface area (Å²) in [6.07, 6.45) is 1.61. The average molecular weight is 552 g/mol. The molecule has 2 aromatic rings. The molecule has 0 atom stereocenters. The van der Waals surface area contributed by atoms with Gasteiger partial charge in [-0.25, -0.2) is 0 Å². The van der Waals surface area contributed by atoms with Crippen LogP contribution >= 0.6 is 34.4 Å². The third-order valence-electron chi connectivity index (χ3n) is 4.60. The number of carbonyl (C=O) groups excluding carboxylic acids is 3. The van der Waals surface area contributed by atoms with Crippen LogP contribution in [0.4, 0.5) is 10.5 Å². The molecule has 3 amide bonds. The quantitative estimate of drug-likeness (QED) is 0.417. The average Bonchev–Trinajstić information content (AvgIpc) is 2.97. The summed E-state index contributed by atoms with van der Waals surface area (Å²) in [5.74, 6) is 0.179. The second-order valence-corrected chi connectivity index (χ2v) is 9.03. The van der Waals surface area contributed by atoms with Gasteiger partial charge in [-0.15, -0.1) is 0 Å². The number of halogens is 1. The Bertz CT molecular complexity index is 1100. The number of nitrogens with one attached hydrogen (secondary N) is 1. The second-order valence-electron chi connectivity index (χ2n) is 6.87. The maximum atomic E-state index is 12.8. The van der Waals surface area contributed by atoms with Crippen LogP contribution < -0.4 is 14.8 Å². The second kappa shape index (κ2) is 9.73. The summed E-state index contributed by atoms with van der Waals surface area (Å²) in [5, 5.41) is 2.29. The molecule has 31 heavy (non-hydrogen) atoms. The molecule has 1 heterocycles. The Morgan fingerprint density at radius 3 is 2.58 bits per heavy atom. The summed E-state index contributed by atoms with van der Waals surface area (Å²) in [6.45, 7) is 3.45. The molecule has 0 unspecified atom stereocenters. The van der Waals surface area contributed by atoms with E-state index in [9.17, 15) is 14.4 Å². The van der Waals surface area contributed by atoms with Gasteiger partial charge in [-0.05, 0) is 89.2 Å². The molecule has 0 radical (unpaired) electrons. The summed E-state index contributed by atoms with van der Waals surface area (Å²) >= 11 is 2.91. The monoisotopic (exact) mass is 552 g/mol. The number of ether oxygens (including phenoxy) is 2. The van der Waals surface area contributed by atoms with Crippen LogP contribution in [0.5, 0.6) is 11.5 Å². The van der Waals surface area contributed by atoms with Gasteiger partial charge >= 0.3 is 0 Å². The fraction of sp³-hybridized carbons (Fsp3) is 0.227. The summed E-state index contributed by atoms with van der Waals surface area (Å²) in [7, 11) is 3.08. The van der Waals surface area contributed by atoms with Gasteiger partial charge in [-0.1, -0.05) is 12.1 Å². The number of aryl methyl sites for hydroxylation is 2. The first kappa shape index (κ1) is 23.1. The summed E-state index contributed by atoms with van der Waals surface area (Å²) in [6, 6.07) is 9.24. The standard InChI is InChI=1S/C22H21IN2O5S/c1-12-5-6-13(2)16(7-12)24-19(26)11-25-21(27)18(31-22(25)28)10-14-8-15(23)20(30-4)17(9-14)29-3/h5-10H,11H2,1-4H3,(H,24,26)/b18-10+. The Labute approximate surface area is 198 Å². The van der Waals surface area contributed by atoms with Crippen LogP contribution in [-0.4, -0.2) is 42.7 Å². The molecule has 9 heteroatoms. The minimum atomic E-state index is -0.504. The van der Waals surface area contributed by atoms with Gasteiger partial charge in [-0.2, -0.15) is 0 Å². The largest absolute Gasteiger partial charge is 0.493 e. The lowest BCUT2D eigenvalue weighted by atomic mass is 10.1. The van der Waals surface area contributed by atoms with Crippen LogP contribution in [0.15, 0.2) is 35.2 Å².